The lowest BCUT2D eigenvalue weighted by atomic mass is 10.2. The van der Waals surface area contributed by atoms with Crippen molar-refractivity contribution in [1.82, 2.24) is 5.43 Å². The van der Waals surface area contributed by atoms with Crippen LogP contribution in [-0.4, -0.2) is 30.2 Å². The summed E-state index contributed by atoms with van der Waals surface area (Å²) in [5.41, 5.74) is 2.73. The highest BCUT2D eigenvalue weighted by Gasteiger charge is 2.13. The highest BCUT2D eigenvalue weighted by Crippen LogP contribution is 2.34. The zero-order valence-corrected chi connectivity index (χ0v) is 13.7. The average Bonchev–Trinajstić information content (AvgIpc) is 2.59. The number of aromatic hydroxyl groups is 1. The molecule has 0 unspecified atom stereocenters. The van der Waals surface area contributed by atoms with Crippen molar-refractivity contribution in [2.24, 2.45) is 5.10 Å². The van der Waals surface area contributed by atoms with Gasteiger partial charge in [0.05, 0.1) is 18.3 Å². The molecule has 0 bridgehead atoms. The molecule has 0 saturated heterocycles. The lowest BCUT2D eigenvalue weighted by Crippen LogP contribution is -2.32. The van der Waals surface area contributed by atoms with E-state index in [9.17, 15) is 19.1 Å². The monoisotopic (exact) mass is 365 g/mol. The van der Waals surface area contributed by atoms with Gasteiger partial charge in [0.1, 0.15) is 5.82 Å². The number of halogens is 2. The third-order valence-electron chi connectivity index (χ3n) is 2.96. The summed E-state index contributed by atoms with van der Waals surface area (Å²) < 4.78 is 17.7. The van der Waals surface area contributed by atoms with Crippen molar-refractivity contribution >= 4 is 35.3 Å². The summed E-state index contributed by atoms with van der Waals surface area (Å²) in [6.45, 7) is 0. The van der Waals surface area contributed by atoms with Gasteiger partial charge in [-0.25, -0.2) is 9.82 Å². The molecule has 0 aliphatic rings. The number of amides is 2. The zero-order valence-electron chi connectivity index (χ0n) is 12.9. The first-order valence-electron chi connectivity index (χ1n) is 6.87. The third kappa shape index (κ3) is 4.92. The Labute approximate surface area is 147 Å². The Morgan fingerprint density at radius 2 is 1.92 bits per heavy atom. The molecular formula is C16H13ClFN3O4. The van der Waals surface area contributed by atoms with Crippen LogP contribution < -0.4 is 15.5 Å². The number of nitrogens with zero attached hydrogens (tertiary/aromatic N) is 1. The number of nitrogens with one attached hydrogen (secondary N) is 2. The number of carbonyl (C=O) groups is 2. The average molecular weight is 366 g/mol. The molecule has 0 aliphatic carbocycles. The molecule has 2 aromatic carbocycles. The molecule has 7 nitrogen and oxygen atoms in total. The van der Waals surface area contributed by atoms with E-state index in [1.807, 2.05) is 5.43 Å². The molecule has 2 amide bonds. The molecule has 0 aromatic heterocycles. The van der Waals surface area contributed by atoms with Crippen LogP contribution in [0.2, 0.25) is 5.02 Å². The molecule has 0 fully saturated rings. The van der Waals surface area contributed by atoms with Crippen LogP contribution in [0.4, 0.5) is 10.1 Å². The Hall–Kier alpha value is -3.13. The second kappa shape index (κ2) is 8.11. The minimum Gasteiger partial charge on any atom is -0.503 e. The second-order valence-corrected chi connectivity index (χ2v) is 5.12. The summed E-state index contributed by atoms with van der Waals surface area (Å²) in [4.78, 5) is 23.3. The summed E-state index contributed by atoms with van der Waals surface area (Å²) in [5, 5.41) is 15.6. The van der Waals surface area contributed by atoms with E-state index in [-0.39, 0.29) is 22.2 Å². The minimum atomic E-state index is -1.02. The smallest absolute Gasteiger partial charge is 0.329 e. The fraction of sp³-hybridized carbons (Fsp3) is 0.0625. The summed E-state index contributed by atoms with van der Waals surface area (Å²) in [7, 11) is 1.36. The number of rotatable bonds is 4. The van der Waals surface area contributed by atoms with Crippen LogP contribution in [0.15, 0.2) is 41.5 Å². The topological polar surface area (TPSA) is 100 Å². The van der Waals surface area contributed by atoms with Gasteiger partial charge in [-0.2, -0.15) is 5.10 Å². The van der Waals surface area contributed by atoms with E-state index >= 15 is 0 Å². The van der Waals surface area contributed by atoms with E-state index in [0.29, 0.717) is 5.56 Å². The molecule has 25 heavy (non-hydrogen) atoms. The predicted molar refractivity (Wildman–Crippen MR) is 90.4 cm³/mol. The maximum Gasteiger partial charge on any atom is 0.329 e. The van der Waals surface area contributed by atoms with Gasteiger partial charge < -0.3 is 15.2 Å². The Balaban J connectivity index is 1.97. The number of hydrogen-bond acceptors (Lipinski definition) is 5. The maximum atomic E-state index is 12.8. The van der Waals surface area contributed by atoms with Gasteiger partial charge in [-0.1, -0.05) is 11.6 Å². The second-order valence-electron chi connectivity index (χ2n) is 4.71. The van der Waals surface area contributed by atoms with Crippen LogP contribution in [0.1, 0.15) is 5.56 Å². The van der Waals surface area contributed by atoms with Gasteiger partial charge in [-0.15, -0.1) is 0 Å². The van der Waals surface area contributed by atoms with E-state index in [0.717, 1.165) is 12.1 Å². The van der Waals surface area contributed by atoms with E-state index < -0.39 is 17.6 Å². The zero-order chi connectivity index (χ0) is 18.4. The van der Waals surface area contributed by atoms with Crippen molar-refractivity contribution in [3.8, 4) is 11.5 Å². The predicted octanol–water partition coefficient (Wildman–Crippen LogP) is 2.28. The molecule has 130 valence electrons. The Bertz CT molecular complexity index is 825. The first-order valence-corrected chi connectivity index (χ1v) is 7.25. The van der Waals surface area contributed by atoms with Gasteiger partial charge >= 0.3 is 11.8 Å². The third-order valence-corrected chi connectivity index (χ3v) is 3.25. The molecule has 0 atom stereocenters. The largest absolute Gasteiger partial charge is 0.503 e. The number of benzene rings is 2. The van der Waals surface area contributed by atoms with Gasteiger partial charge in [-0.3, -0.25) is 9.59 Å². The molecule has 0 radical (unpaired) electrons. The number of phenolic OH excluding ortho intramolecular Hbond substituents is 1. The standard InChI is InChI=1S/C16H13ClFN3O4/c1-25-13-7-9(6-12(17)14(13)22)8-19-21-16(24)15(23)20-11-4-2-10(18)3-5-11/h2-8,22H,1H3,(H,20,23)(H,21,24)/b19-8-. The van der Waals surface area contributed by atoms with Crippen molar-refractivity contribution < 1.29 is 23.8 Å². The van der Waals surface area contributed by atoms with E-state index in [1.165, 1.54) is 37.6 Å². The van der Waals surface area contributed by atoms with Crippen molar-refractivity contribution in [2.75, 3.05) is 12.4 Å². The van der Waals surface area contributed by atoms with Crippen molar-refractivity contribution in [3.63, 3.8) is 0 Å². The van der Waals surface area contributed by atoms with Gasteiger partial charge in [0.25, 0.3) is 0 Å². The van der Waals surface area contributed by atoms with Crippen molar-refractivity contribution in [3.05, 3.63) is 52.8 Å². The SMILES string of the molecule is COc1cc(/C=N\NC(=O)C(=O)Nc2ccc(F)cc2)cc(Cl)c1O. The summed E-state index contributed by atoms with van der Waals surface area (Å²) >= 11 is 5.82. The van der Waals surface area contributed by atoms with Gasteiger partial charge in [-0.05, 0) is 42.0 Å². The number of anilines is 1. The van der Waals surface area contributed by atoms with E-state index in [4.69, 9.17) is 16.3 Å². The quantitative estimate of drug-likeness (QED) is 0.439. The van der Waals surface area contributed by atoms with Crippen LogP contribution in [0.25, 0.3) is 0 Å². The molecule has 9 heteroatoms. The molecule has 2 rings (SSSR count). The minimum absolute atomic E-state index is 0.0428. The number of hydrazone groups is 1. The Morgan fingerprint density at radius 3 is 2.56 bits per heavy atom. The fourth-order valence-corrected chi connectivity index (χ4v) is 1.98. The normalized spacial score (nSPS) is 10.5. The molecular weight excluding hydrogens is 353 g/mol. The molecule has 3 N–H and O–H groups in total. The number of hydrogen-bond donors (Lipinski definition) is 3. The molecule has 0 saturated carbocycles. The first kappa shape index (κ1) is 18.2. The molecule has 0 spiro atoms. The first-order chi connectivity index (χ1) is 11.9. The van der Waals surface area contributed by atoms with Crippen LogP contribution >= 0.6 is 11.6 Å². The van der Waals surface area contributed by atoms with Crippen LogP contribution in [-0.2, 0) is 9.59 Å². The maximum absolute atomic E-state index is 12.8. The van der Waals surface area contributed by atoms with Gasteiger partial charge in [0.2, 0.25) is 0 Å². The van der Waals surface area contributed by atoms with E-state index in [1.54, 1.807) is 0 Å². The highest BCUT2D eigenvalue weighted by molar-refractivity contribution is 6.39. The summed E-state index contributed by atoms with van der Waals surface area (Å²) in [5.74, 6) is -2.53. The lowest BCUT2D eigenvalue weighted by Gasteiger charge is -2.06. The Morgan fingerprint density at radius 1 is 1.24 bits per heavy atom. The molecule has 2 aromatic rings. The molecule has 0 aliphatic heterocycles. The Kier molecular flexibility index (Phi) is 5.91. The van der Waals surface area contributed by atoms with Crippen LogP contribution in [0.5, 0.6) is 11.5 Å². The number of ether oxygens (including phenoxy) is 1. The van der Waals surface area contributed by atoms with Crippen molar-refractivity contribution in [1.29, 1.82) is 0 Å². The van der Waals surface area contributed by atoms with E-state index in [2.05, 4.69) is 10.4 Å². The lowest BCUT2D eigenvalue weighted by molar-refractivity contribution is -0.136. The number of phenols is 1. The molecule has 0 heterocycles. The van der Waals surface area contributed by atoms with Gasteiger partial charge in [0.15, 0.2) is 11.5 Å². The highest BCUT2D eigenvalue weighted by atomic mass is 35.5. The van der Waals surface area contributed by atoms with Crippen molar-refractivity contribution in [2.45, 2.75) is 0 Å². The summed E-state index contributed by atoms with van der Waals surface area (Å²) in [6, 6.07) is 7.76. The van der Waals surface area contributed by atoms with Gasteiger partial charge in [0, 0.05) is 5.69 Å². The number of methoxy groups -OCH3 is 1. The fourth-order valence-electron chi connectivity index (χ4n) is 1.76. The van der Waals surface area contributed by atoms with Crippen LogP contribution in [0, 0.1) is 5.82 Å². The summed E-state index contributed by atoms with van der Waals surface area (Å²) in [6.07, 6.45) is 1.22. The number of carbonyl (C=O) groups excluding carboxylic acids is 2. The van der Waals surface area contributed by atoms with Crippen LogP contribution in [0.3, 0.4) is 0 Å².